The lowest BCUT2D eigenvalue weighted by molar-refractivity contribution is -0.132. The van der Waals surface area contributed by atoms with E-state index in [9.17, 15) is 14.0 Å². The van der Waals surface area contributed by atoms with Gasteiger partial charge in [0.1, 0.15) is 11.9 Å². The molecular formula is C20H20ClFN2O2. The SMILES string of the molecule is O=C(N[C@@H](Cc1ccccc1)C(=O)N1CCCC1)c1c(F)cccc1Cl. The molecule has 0 saturated carbocycles. The van der Waals surface area contributed by atoms with E-state index in [1.54, 1.807) is 4.90 Å². The Morgan fingerprint density at radius 3 is 2.42 bits per heavy atom. The maximum atomic E-state index is 14.0. The van der Waals surface area contributed by atoms with E-state index < -0.39 is 17.8 Å². The second-order valence-electron chi connectivity index (χ2n) is 6.34. The number of nitrogens with one attached hydrogen (secondary N) is 1. The molecule has 6 heteroatoms. The first-order valence-electron chi connectivity index (χ1n) is 8.64. The summed E-state index contributed by atoms with van der Waals surface area (Å²) >= 11 is 5.98. The molecule has 26 heavy (non-hydrogen) atoms. The lowest BCUT2D eigenvalue weighted by Gasteiger charge is -2.24. The van der Waals surface area contributed by atoms with Crippen molar-refractivity contribution in [1.29, 1.82) is 0 Å². The second-order valence-corrected chi connectivity index (χ2v) is 6.75. The minimum Gasteiger partial charge on any atom is -0.341 e. The van der Waals surface area contributed by atoms with Gasteiger partial charge >= 0.3 is 0 Å². The number of nitrogens with zero attached hydrogens (tertiary/aromatic N) is 1. The zero-order chi connectivity index (χ0) is 18.5. The Morgan fingerprint density at radius 1 is 1.08 bits per heavy atom. The first-order valence-corrected chi connectivity index (χ1v) is 9.01. The summed E-state index contributed by atoms with van der Waals surface area (Å²) in [6.45, 7) is 1.36. The second kappa shape index (κ2) is 8.32. The lowest BCUT2D eigenvalue weighted by atomic mass is 10.0. The van der Waals surface area contributed by atoms with Gasteiger partial charge in [-0.05, 0) is 30.5 Å². The van der Waals surface area contributed by atoms with Crippen molar-refractivity contribution in [3.05, 3.63) is 70.5 Å². The van der Waals surface area contributed by atoms with Crippen LogP contribution >= 0.6 is 11.6 Å². The maximum Gasteiger partial charge on any atom is 0.256 e. The molecule has 2 aromatic carbocycles. The van der Waals surface area contributed by atoms with Crippen LogP contribution in [0.3, 0.4) is 0 Å². The molecule has 1 fully saturated rings. The summed E-state index contributed by atoms with van der Waals surface area (Å²) in [7, 11) is 0. The maximum absolute atomic E-state index is 14.0. The topological polar surface area (TPSA) is 49.4 Å². The van der Waals surface area contributed by atoms with Gasteiger partial charge in [-0.3, -0.25) is 9.59 Å². The van der Waals surface area contributed by atoms with Gasteiger partial charge in [0.15, 0.2) is 0 Å². The molecule has 1 aliphatic rings. The molecule has 0 spiro atoms. The van der Waals surface area contributed by atoms with Crippen LogP contribution in [0, 0.1) is 5.82 Å². The molecule has 1 N–H and O–H groups in total. The third-order valence-corrected chi connectivity index (χ3v) is 4.81. The molecule has 0 radical (unpaired) electrons. The molecule has 4 nitrogen and oxygen atoms in total. The number of hydrogen-bond acceptors (Lipinski definition) is 2. The standard InChI is InChI=1S/C20H20ClFN2O2/c21-15-9-6-10-16(22)18(15)19(25)23-17(13-14-7-2-1-3-8-14)20(26)24-11-4-5-12-24/h1-3,6-10,17H,4-5,11-13H2,(H,23,25)/t17-/m0/s1. The molecular weight excluding hydrogens is 355 g/mol. The van der Waals surface area contributed by atoms with Crippen molar-refractivity contribution in [2.45, 2.75) is 25.3 Å². The number of likely N-dealkylation sites (tertiary alicyclic amines) is 1. The summed E-state index contributed by atoms with van der Waals surface area (Å²) in [4.78, 5) is 27.2. The summed E-state index contributed by atoms with van der Waals surface area (Å²) in [6, 6.07) is 12.7. The third kappa shape index (κ3) is 4.22. The summed E-state index contributed by atoms with van der Waals surface area (Å²) in [6.07, 6.45) is 2.25. The number of carbonyl (C=O) groups is 2. The van der Waals surface area contributed by atoms with Crippen molar-refractivity contribution >= 4 is 23.4 Å². The van der Waals surface area contributed by atoms with Crippen molar-refractivity contribution < 1.29 is 14.0 Å². The van der Waals surface area contributed by atoms with Crippen molar-refractivity contribution in [3.8, 4) is 0 Å². The predicted octanol–water partition coefficient (Wildman–Crippen LogP) is 3.44. The zero-order valence-electron chi connectivity index (χ0n) is 14.3. The van der Waals surface area contributed by atoms with Crippen LogP contribution in [0.1, 0.15) is 28.8 Å². The molecule has 1 heterocycles. The van der Waals surface area contributed by atoms with E-state index in [1.165, 1.54) is 18.2 Å². The van der Waals surface area contributed by atoms with Gasteiger partial charge in [0, 0.05) is 19.5 Å². The third-order valence-electron chi connectivity index (χ3n) is 4.49. The molecule has 1 atom stereocenters. The van der Waals surface area contributed by atoms with Gasteiger partial charge < -0.3 is 10.2 Å². The number of benzene rings is 2. The van der Waals surface area contributed by atoms with Crippen molar-refractivity contribution in [1.82, 2.24) is 10.2 Å². The van der Waals surface area contributed by atoms with Crippen LogP contribution in [0.5, 0.6) is 0 Å². The van der Waals surface area contributed by atoms with Crippen LogP contribution in [0.4, 0.5) is 4.39 Å². The monoisotopic (exact) mass is 374 g/mol. The van der Waals surface area contributed by atoms with E-state index in [1.807, 2.05) is 30.3 Å². The highest BCUT2D eigenvalue weighted by Crippen LogP contribution is 2.20. The highest BCUT2D eigenvalue weighted by atomic mass is 35.5. The van der Waals surface area contributed by atoms with Crippen molar-refractivity contribution in [2.24, 2.45) is 0 Å². The quantitative estimate of drug-likeness (QED) is 0.871. The number of rotatable bonds is 5. The molecule has 0 aliphatic carbocycles. The fourth-order valence-electron chi connectivity index (χ4n) is 3.15. The van der Waals surface area contributed by atoms with E-state index >= 15 is 0 Å². The molecule has 136 valence electrons. The lowest BCUT2D eigenvalue weighted by Crippen LogP contribution is -2.49. The number of carbonyl (C=O) groups excluding carboxylic acids is 2. The smallest absolute Gasteiger partial charge is 0.256 e. The van der Waals surface area contributed by atoms with Crippen LogP contribution < -0.4 is 5.32 Å². The Labute approximate surface area is 157 Å². The number of amides is 2. The van der Waals surface area contributed by atoms with Gasteiger partial charge in [-0.15, -0.1) is 0 Å². The average Bonchev–Trinajstić information content (AvgIpc) is 3.16. The Balaban J connectivity index is 1.82. The summed E-state index contributed by atoms with van der Waals surface area (Å²) in [5.74, 6) is -1.53. The van der Waals surface area contributed by atoms with Gasteiger partial charge in [-0.25, -0.2) is 4.39 Å². The fourth-order valence-corrected chi connectivity index (χ4v) is 3.40. The Morgan fingerprint density at radius 2 is 1.77 bits per heavy atom. The normalized spacial score (nSPS) is 14.9. The molecule has 1 saturated heterocycles. The Hall–Kier alpha value is -2.40. The van der Waals surface area contributed by atoms with Crippen LogP contribution in [-0.2, 0) is 11.2 Å². The van der Waals surface area contributed by atoms with Gasteiger partial charge in [-0.1, -0.05) is 48.0 Å². The van der Waals surface area contributed by atoms with Crippen LogP contribution in [0.15, 0.2) is 48.5 Å². The molecule has 2 aromatic rings. The fraction of sp³-hybridized carbons (Fsp3) is 0.300. The predicted molar refractivity (Wildman–Crippen MR) is 98.6 cm³/mol. The largest absolute Gasteiger partial charge is 0.341 e. The van der Waals surface area contributed by atoms with E-state index in [-0.39, 0.29) is 16.5 Å². The van der Waals surface area contributed by atoms with Crippen LogP contribution in [-0.4, -0.2) is 35.8 Å². The van der Waals surface area contributed by atoms with Gasteiger partial charge in [0.05, 0.1) is 10.6 Å². The van der Waals surface area contributed by atoms with Gasteiger partial charge in [0.25, 0.3) is 5.91 Å². The first kappa shape index (κ1) is 18.4. The van der Waals surface area contributed by atoms with Gasteiger partial charge in [-0.2, -0.15) is 0 Å². The molecule has 0 aromatic heterocycles. The number of halogens is 2. The molecule has 0 bridgehead atoms. The summed E-state index contributed by atoms with van der Waals surface area (Å²) in [5, 5.41) is 2.71. The highest BCUT2D eigenvalue weighted by molar-refractivity contribution is 6.33. The minimum atomic E-state index is -0.765. The van der Waals surface area contributed by atoms with E-state index in [2.05, 4.69) is 5.32 Å². The molecule has 2 amide bonds. The average molecular weight is 375 g/mol. The summed E-state index contributed by atoms with van der Waals surface area (Å²) in [5.41, 5.74) is 0.687. The zero-order valence-corrected chi connectivity index (χ0v) is 15.0. The first-order chi connectivity index (χ1) is 12.6. The Bertz CT molecular complexity index is 771. The van der Waals surface area contributed by atoms with E-state index in [0.717, 1.165) is 18.4 Å². The highest BCUT2D eigenvalue weighted by Gasteiger charge is 2.29. The number of hydrogen-bond donors (Lipinski definition) is 1. The Kier molecular flexibility index (Phi) is 5.89. The molecule has 1 aliphatic heterocycles. The van der Waals surface area contributed by atoms with Crippen LogP contribution in [0.25, 0.3) is 0 Å². The van der Waals surface area contributed by atoms with Crippen molar-refractivity contribution in [3.63, 3.8) is 0 Å². The van der Waals surface area contributed by atoms with Gasteiger partial charge in [0.2, 0.25) is 5.91 Å². The minimum absolute atomic E-state index is 0.0228. The molecule has 0 unspecified atom stereocenters. The molecule has 3 rings (SSSR count). The van der Waals surface area contributed by atoms with Crippen molar-refractivity contribution in [2.75, 3.05) is 13.1 Å². The van der Waals surface area contributed by atoms with E-state index in [4.69, 9.17) is 11.6 Å². The van der Waals surface area contributed by atoms with Crippen LogP contribution in [0.2, 0.25) is 5.02 Å². The summed E-state index contributed by atoms with van der Waals surface area (Å²) < 4.78 is 14.0. The van der Waals surface area contributed by atoms with E-state index in [0.29, 0.717) is 19.5 Å².